The van der Waals surface area contributed by atoms with Gasteiger partial charge >= 0.3 is 0 Å². The predicted octanol–water partition coefficient (Wildman–Crippen LogP) is 2.51. The van der Waals surface area contributed by atoms with Crippen molar-refractivity contribution in [2.24, 2.45) is 17.3 Å². The lowest BCUT2D eigenvalue weighted by Crippen LogP contribution is -2.36. The van der Waals surface area contributed by atoms with E-state index in [0.29, 0.717) is 12.1 Å². The number of hydrazine groups is 1. The highest BCUT2D eigenvalue weighted by Gasteiger charge is 2.26. The molecule has 8 heteroatoms. The smallest absolute Gasteiger partial charge is 0.282 e. The molecule has 2 unspecified atom stereocenters. The number of aromatic nitrogens is 1. The van der Waals surface area contributed by atoms with Gasteiger partial charge in [-0.15, -0.1) is 10.2 Å². The molecular formula is C14H16BrN5O2. The summed E-state index contributed by atoms with van der Waals surface area (Å²) in [7, 11) is 1.73. The number of amides is 1. The molecule has 1 aromatic carbocycles. The Morgan fingerprint density at radius 3 is 2.91 bits per heavy atom. The van der Waals surface area contributed by atoms with Gasteiger partial charge in [0.25, 0.3) is 5.91 Å². The lowest BCUT2D eigenvalue weighted by Gasteiger charge is -2.01. The molecule has 2 aromatic rings. The van der Waals surface area contributed by atoms with Gasteiger partial charge in [0.1, 0.15) is 6.04 Å². The first-order valence-electron chi connectivity index (χ1n) is 6.91. The molecule has 1 amide bonds. The zero-order chi connectivity index (χ0) is 15.9. The van der Waals surface area contributed by atoms with E-state index in [1.165, 1.54) is 0 Å². The van der Waals surface area contributed by atoms with Gasteiger partial charge < -0.3 is 9.67 Å². The SMILES string of the molecule is CC1CC(C(=O)N=Nc2c(O)n(C)c3ccc(Br)cc23)NN1. The number of hydrogen-bond donors (Lipinski definition) is 3. The standard InChI is InChI=1S/C14H16BrN5O2/c1-7-5-10(17-16-7)13(21)19-18-12-9-6-8(15)3-4-11(9)20(2)14(12)22/h3-4,6-7,10,16-17,22H,5H2,1-2H3. The summed E-state index contributed by atoms with van der Waals surface area (Å²) < 4.78 is 2.47. The third-order valence-electron chi connectivity index (χ3n) is 3.74. The number of carbonyl (C=O) groups excluding carboxylic acids is 1. The molecule has 0 radical (unpaired) electrons. The first-order chi connectivity index (χ1) is 10.5. The molecule has 1 aliphatic heterocycles. The molecule has 1 fully saturated rings. The lowest BCUT2D eigenvalue weighted by molar-refractivity contribution is -0.120. The first-order valence-corrected chi connectivity index (χ1v) is 7.70. The van der Waals surface area contributed by atoms with E-state index in [0.717, 1.165) is 15.4 Å². The van der Waals surface area contributed by atoms with Gasteiger partial charge in [0.15, 0.2) is 5.69 Å². The second-order valence-corrected chi connectivity index (χ2v) is 6.32. The first kappa shape index (κ1) is 15.1. The summed E-state index contributed by atoms with van der Waals surface area (Å²) in [6.45, 7) is 1.98. The Morgan fingerprint density at radius 2 is 2.23 bits per heavy atom. The van der Waals surface area contributed by atoms with Crippen LogP contribution in [0.1, 0.15) is 13.3 Å². The van der Waals surface area contributed by atoms with E-state index >= 15 is 0 Å². The van der Waals surface area contributed by atoms with Crippen LogP contribution < -0.4 is 10.9 Å². The van der Waals surface area contributed by atoms with Crippen LogP contribution in [0.25, 0.3) is 10.9 Å². The maximum Gasteiger partial charge on any atom is 0.282 e. The van der Waals surface area contributed by atoms with E-state index in [9.17, 15) is 9.90 Å². The van der Waals surface area contributed by atoms with Crippen molar-refractivity contribution in [3.05, 3.63) is 22.7 Å². The molecule has 0 aliphatic carbocycles. The molecule has 0 saturated carbocycles. The average molecular weight is 366 g/mol. The highest BCUT2D eigenvalue weighted by Crippen LogP contribution is 2.39. The minimum absolute atomic E-state index is 0.0180. The number of halogens is 1. The van der Waals surface area contributed by atoms with Crippen molar-refractivity contribution in [2.45, 2.75) is 25.4 Å². The fourth-order valence-corrected chi connectivity index (χ4v) is 2.89. The van der Waals surface area contributed by atoms with Gasteiger partial charge in [0.05, 0.1) is 5.52 Å². The molecule has 2 heterocycles. The fraction of sp³-hybridized carbons (Fsp3) is 0.357. The average Bonchev–Trinajstić information content (AvgIpc) is 3.01. The molecule has 1 aliphatic rings. The largest absolute Gasteiger partial charge is 0.493 e. The van der Waals surface area contributed by atoms with Gasteiger partial charge in [0, 0.05) is 22.9 Å². The van der Waals surface area contributed by atoms with Crippen molar-refractivity contribution in [1.29, 1.82) is 0 Å². The second-order valence-electron chi connectivity index (χ2n) is 5.41. The number of aryl methyl sites for hydroxylation is 1. The van der Waals surface area contributed by atoms with Crippen molar-refractivity contribution >= 4 is 38.4 Å². The highest BCUT2D eigenvalue weighted by atomic mass is 79.9. The number of nitrogens with zero attached hydrogens (tertiary/aromatic N) is 3. The molecular weight excluding hydrogens is 350 g/mol. The summed E-state index contributed by atoms with van der Waals surface area (Å²) in [5, 5.41) is 18.7. The number of carbonyl (C=O) groups is 1. The van der Waals surface area contributed by atoms with Crippen LogP contribution in [-0.4, -0.2) is 27.7 Å². The predicted molar refractivity (Wildman–Crippen MR) is 85.9 cm³/mol. The number of fused-ring (bicyclic) bond motifs is 1. The summed E-state index contributed by atoms with van der Waals surface area (Å²) in [5.74, 6) is -0.376. The number of benzene rings is 1. The van der Waals surface area contributed by atoms with Gasteiger partial charge in [-0.3, -0.25) is 10.2 Å². The summed E-state index contributed by atoms with van der Waals surface area (Å²) in [5.41, 5.74) is 6.96. The van der Waals surface area contributed by atoms with Crippen LogP contribution in [0.15, 0.2) is 32.9 Å². The van der Waals surface area contributed by atoms with Gasteiger partial charge in [0.2, 0.25) is 5.88 Å². The van der Waals surface area contributed by atoms with E-state index < -0.39 is 0 Å². The molecule has 116 valence electrons. The van der Waals surface area contributed by atoms with E-state index in [2.05, 4.69) is 37.0 Å². The zero-order valence-corrected chi connectivity index (χ0v) is 13.8. The summed E-state index contributed by atoms with van der Waals surface area (Å²) >= 11 is 3.39. The Labute approximate surface area is 135 Å². The second kappa shape index (κ2) is 5.79. The van der Waals surface area contributed by atoms with Crippen LogP contribution in [0, 0.1) is 0 Å². The molecule has 2 atom stereocenters. The fourth-order valence-electron chi connectivity index (χ4n) is 2.53. The van der Waals surface area contributed by atoms with Crippen molar-refractivity contribution in [2.75, 3.05) is 0 Å². The summed E-state index contributed by atoms with van der Waals surface area (Å²) in [6.07, 6.45) is 0.658. The van der Waals surface area contributed by atoms with Crippen molar-refractivity contribution in [3.8, 4) is 5.88 Å². The number of rotatable bonds is 2. The molecule has 22 heavy (non-hydrogen) atoms. The van der Waals surface area contributed by atoms with E-state index in [4.69, 9.17) is 0 Å². The Balaban J connectivity index is 1.93. The zero-order valence-electron chi connectivity index (χ0n) is 12.2. The molecule has 0 spiro atoms. The van der Waals surface area contributed by atoms with E-state index in [1.54, 1.807) is 11.6 Å². The maximum atomic E-state index is 12.0. The number of hydrogen-bond acceptors (Lipinski definition) is 5. The molecule has 3 N–H and O–H groups in total. The van der Waals surface area contributed by atoms with E-state index in [-0.39, 0.29) is 23.9 Å². The van der Waals surface area contributed by atoms with Crippen molar-refractivity contribution in [3.63, 3.8) is 0 Å². The Kier molecular flexibility index (Phi) is 3.98. The third-order valence-corrected chi connectivity index (χ3v) is 4.24. The topological polar surface area (TPSA) is 91.0 Å². The highest BCUT2D eigenvalue weighted by molar-refractivity contribution is 9.10. The minimum Gasteiger partial charge on any atom is -0.493 e. The van der Waals surface area contributed by atoms with Crippen LogP contribution in [0.4, 0.5) is 5.69 Å². The van der Waals surface area contributed by atoms with Crippen LogP contribution in [0.2, 0.25) is 0 Å². The Morgan fingerprint density at radius 1 is 1.45 bits per heavy atom. The number of nitrogens with one attached hydrogen (secondary N) is 2. The minimum atomic E-state index is -0.386. The van der Waals surface area contributed by atoms with Gasteiger partial charge in [-0.1, -0.05) is 15.9 Å². The summed E-state index contributed by atoms with van der Waals surface area (Å²) in [6, 6.07) is 5.41. The lowest BCUT2D eigenvalue weighted by atomic mass is 10.1. The number of aromatic hydroxyl groups is 1. The maximum absolute atomic E-state index is 12.0. The quantitative estimate of drug-likeness (QED) is 0.713. The monoisotopic (exact) mass is 365 g/mol. The molecule has 3 rings (SSSR count). The van der Waals surface area contributed by atoms with Crippen molar-refractivity contribution in [1.82, 2.24) is 15.4 Å². The van der Waals surface area contributed by atoms with E-state index in [1.807, 2.05) is 25.1 Å². The molecule has 7 nitrogen and oxygen atoms in total. The molecule has 0 bridgehead atoms. The van der Waals surface area contributed by atoms with Gasteiger partial charge in [-0.25, -0.2) is 5.43 Å². The van der Waals surface area contributed by atoms with Gasteiger partial charge in [-0.2, -0.15) is 0 Å². The van der Waals surface area contributed by atoms with Crippen molar-refractivity contribution < 1.29 is 9.90 Å². The Bertz CT molecular complexity index is 770. The van der Waals surface area contributed by atoms with Crippen LogP contribution in [0.3, 0.4) is 0 Å². The summed E-state index contributed by atoms with van der Waals surface area (Å²) in [4.78, 5) is 12.0. The Hall–Kier alpha value is -1.77. The third kappa shape index (κ3) is 2.65. The van der Waals surface area contributed by atoms with Crippen LogP contribution in [-0.2, 0) is 11.8 Å². The number of azo groups is 1. The molecule has 1 saturated heterocycles. The molecule has 1 aromatic heterocycles. The van der Waals surface area contributed by atoms with Gasteiger partial charge in [-0.05, 0) is 31.5 Å². The van der Waals surface area contributed by atoms with Crippen LogP contribution in [0.5, 0.6) is 5.88 Å². The normalized spacial score (nSPS) is 22.0. The van der Waals surface area contributed by atoms with Crippen LogP contribution >= 0.6 is 15.9 Å².